The van der Waals surface area contributed by atoms with Crippen molar-refractivity contribution in [3.05, 3.63) is 35.4 Å². The topological polar surface area (TPSA) is 102 Å². The molecular formula is C9H10N2O4. The van der Waals surface area contributed by atoms with Crippen molar-refractivity contribution in [3.8, 4) is 0 Å². The van der Waals surface area contributed by atoms with Gasteiger partial charge in [0.25, 0.3) is 5.91 Å². The summed E-state index contributed by atoms with van der Waals surface area (Å²) in [4.78, 5) is 21.2. The summed E-state index contributed by atoms with van der Waals surface area (Å²) in [7, 11) is 0. The fourth-order valence-electron chi connectivity index (χ4n) is 0.971. The molecule has 1 aromatic rings. The number of carbonyl (C=O) groups excluding carboxylic acids is 2. The van der Waals surface area contributed by atoms with E-state index in [1.807, 2.05) is 0 Å². The standard InChI is InChI=1S/C9H10N2O4/c10-9(13)15-5-6-1-3-7(4-2-6)8(12)11-14/h1-4,14H,5H2,(H2,10,13)(H,11,12). The van der Waals surface area contributed by atoms with Crippen LogP contribution in [0.1, 0.15) is 15.9 Å². The summed E-state index contributed by atoms with van der Waals surface area (Å²) >= 11 is 0. The first kappa shape index (κ1) is 11.0. The zero-order valence-electron chi connectivity index (χ0n) is 7.77. The fraction of sp³-hybridized carbons (Fsp3) is 0.111. The predicted molar refractivity (Wildman–Crippen MR) is 50.1 cm³/mol. The van der Waals surface area contributed by atoms with Gasteiger partial charge in [-0.25, -0.2) is 10.3 Å². The van der Waals surface area contributed by atoms with Crippen LogP contribution < -0.4 is 11.2 Å². The Balaban J connectivity index is 2.64. The third-order valence-corrected chi connectivity index (χ3v) is 1.70. The summed E-state index contributed by atoms with van der Waals surface area (Å²) in [5.74, 6) is -0.600. The highest BCUT2D eigenvalue weighted by molar-refractivity contribution is 5.93. The van der Waals surface area contributed by atoms with Gasteiger partial charge < -0.3 is 10.5 Å². The van der Waals surface area contributed by atoms with Gasteiger partial charge in [-0.3, -0.25) is 10.0 Å². The van der Waals surface area contributed by atoms with Crippen LogP contribution in [0, 0.1) is 0 Å². The van der Waals surface area contributed by atoms with Crippen molar-refractivity contribution in [1.29, 1.82) is 0 Å². The summed E-state index contributed by atoms with van der Waals surface area (Å²) < 4.78 is 4.54. The van der Waals surface area contributed by atoms with Crippen LogP contribution in [-0.4, -0.2) is 17.2 Å². The summed E-state index contributed by atoms with van der Waals surface area (Å²) in [6, 6.07) is 6.16. The Morgan fingerprint density at radius 3 is 2.40 bits per heavy atom. The summed E-state index contributed by atoms with van der Waals surface area (Å²) in [6.45, 7) is 0.0519. The van der Waals surface area contributed by atoms with Gasteiger partial charge in [0, 0.05) is 5.56 Å². The first-order valence-corrected chi connectivity index (χ1v) is 4.09. The Morgan fingerprint density at radius 2 is 1.93 bits per heavy atom. The molecule has 1 aromatic carbocycles. The molecule has 0 aliphatic heterocycles. The maximum Gasteiger partial charge on any atom is 0.404 e. The number of benzene rings is 1. The molecule has 0 saturated carbocycles. The molecule has 0 aliphatic carbocycles. The lowest BCUT2D eigenvalue weighted by Gasteiger charge is -2.02. The molecule has 80 valence electrons. The first-order chi connectivity index (χ1) is 7.13. The van der Waals surface area contributed by atoms with E-state index in [4.69, 9.17) is 10.9 Å². The van der Waals surface area contributed by atoms with Gasteiger partial charge in [0.05, 0.1) is 0 Å². The highest BCUT2D eigenvalue weighted by Crippen LogP contribution is 2.05. The Bertz CT molecular complexity index is 361. The van der Waals surface area contributed by atoms with E-state index in [9.17, 15) is 9.59 Å². The Labute approximate surface area is 85.6 Å². The SMILES string of the molecule is NC(=O)OCc1ccc(C(=O)NO)cc1. The maximum absolute atomic E-state index is 10.9. The smallest absolute Gasteiger partial charge is 0.404 e. The number of rotatable bonds is 3. The quantitative estimate of drug-likeness (QED) is 0.496. The second kappa shape index (κ2) is 4.97. The number of nitrogens with one attached hydrogen (secondary N) is 1. The van der Waals surface area contributed by atoms with E-state index in [0.717, 1.165) is 0 Å². The molecular weight excluding hydrogens is 200 g/mol. The number of ether oxygens (including phenoxy) is 1. The van der Waals surface area contributed by atoms with Gasteiger partial charge >= 0.3 is 6.09 Å². The molecule has 2 amide bonds. The van der Waals surface area contributed by atoms with E-state index >= 15 is 0 Å². The molecule has 1 rings (SSSR count). The van der Waals surface area contributed by atoms with Crippen molar-refractivity contribution in [1.82, 2.24) is 5.48 Å². The van der Waals surface area contributed by atoms with Gasteiger partial charge in [0.2, 0.25) is 0 Å². The lowest BCUT2D eigenvalue weighted by Crippen LogP contribution is -2.18. The van der Waals surface area contributed by atoms with E-state index in [1.165, 1.54) is 17.6 Å². The molecule has 0 unspecified atom stereocenters. The number of carbonyl (C=O) groups is 2. The number of primary amides is 1. The van der Waals surface area contributed by atoms with E-state index in [-0.39, 0.29) is 6.61 Å². The molecule has 0 aliphatic rings. The molecule has 4 N–H and O–H groups in total. The van der Waals surface area contributed by atoms with Crippen molar-refractivity contribution >= 4 is 12.0 Å². The van der Waals surface area contributed by atoms with Gasteiger partial charge in [-0.2, -0.15) is 0 Å². The average molecular weight is 210 g/mol. The Kier molecular flexibility index (Phi) is 3.64. The Hall–Kier alpha value is -2.08. The highest BCUT2D eigenvalue weighted by Gasteiger charge is 2.03. The molecule has 0 atom stereocenters. The predicted octanol–water partition coefficient (Wildman–Crippen LogP) is 0.401. The third-order valence-electron chi connectivity index (χ3n) is 1.70. The van der Waals surface area contributed by atoms with Crippen LogP contribution in [0.3, 0.4) is 0 Å². The molecule has 0 saturated heterocycles. The van der Waals surface area contributed by atoms with Crippen molar-refractivity contribution in [2.75, 3.05) is 0 Å². The minimum Gasteiger partial charge on any atom is -0.445 e. The molecule has 6 nitrogen and oxygen atoms in total. The van der Waals surface area contributed by atoms with E-state index in [2.05, 4.69) is 4.74 Å². The fourth-order valence-corrected chi connectivity index (χ4v) is 0.971. The number of amides is 2. The van der Waals surface area contributed by atoms with Crippen LogP contribution in [0.15, 0.2) is 24.3 Å². The minimum absolute atomic E-state index is 0.0519. The number of hydrogen-bond donors (Lipinski definition) is 3. The summed E-state index contributed by atoms with van der Waals surface area (Å²) in [6.07, 6.45) is -0.854. The van der Waals surface area contributed by atoms with Crippen molar-refractivity contribution in [2.45, 2.75) is 6.61 Å². The van der Waals surface area contributed by atoms with E-state index in [1.54, 1.807) is 12.1 Å². The average Bonchev–Trinajstić information content (AvgIpc) is 2.26. The van der Waals surface area contributed by atoms with Crippen LogP contribution >= 0.6 is 0 Å². The number of hydroxylamine groups is 1. The lowest BCUT2D eigenvalue weighted by atomic mass is 10.1. The minimum atomic E-state index is -0.854. The van der Waals surface area contributed by atoms with Gasteiger partial charge in [-0.1, -0.05) is 12.1 Å². The highest BCUT2D eigenvalue weighted by atomic mass is 16.5. The molecule has 0 spiro atoms. The van der Waals surface area contributed by atoms with Crippen LogP contribution in [0.4, 0.5) is 4.79 Å². The summed E-state index contributed by atoms with van der Waals surface area (Å²) in [5.41, 5.74) is 7.29. The molecule has 0 radical (unpaired) electrons. The van der Waals surface area contributed by atoms with E-state index in [0.29, 0.717) is 11.1 Å². The molecule has 0 bridgehead atoms. The normalized spacial score (nSPS) is 9.40. The third kappa shape index (κ3) is 3.28. The molecule has 0 fully saturated rings. The zero-order chi connectivity index (χ0) is 11.3. The molecule has 15 heavy (non-hydrogen) atoms. The van der Waals surface area contributed by atoms with Gasteiger partial charge in [0.15, 0.2) is 0 Å². The monoisotopic (exact) mass is 210 g/mol. The summed E-state index contributed by atoms with van der Waals surface area (Å²) in [5, 5.41) is 8.35. The van der Waals surface area contributed by atoms with Crippen LogP contribution in [-0.2, 0) is 11.3 Å². The largest absolute Gasteiger partial charge is 0.445 e. The molecule has 0 aromatic heterocycles. The van der Waals surface area contributed by atoms with Gasteiger partial charge in [0.1, 0.15) is 6.61 Å². The Morgan fingerprint density at radius 1 is 1.33 bits per heavy atom. The zero-order valence-corrected chi connectivity index (χ0v) is 7.77. The number of nitrogens with two attached hydrogens (primary N) is 1. The first-order valence-electron chi connectivity index (χ1n) is 4.09. The second-order valence-electron chi connectivity index (χ2n) is 2.75. The van der Waals surface area contributed by atoms with Crippen LogP contribution in [0.2, 0.25) is 0 Å². The maximum atomic E-state index is 10.9. The molecule has 6 heteroatoms. The van der Waals surface area contributed by atoms with Crippen LogP contribution in [0.25, 0.3) is 0 Å². The van der Waals surface area contributed by atoms with Crippen molar-refractivity contribution < 1.29 is 19.5 Å². The van der Waals surface area contributed by atoms with Gasteiger partial charge in [-0.05, 0) is 17.7 Å². The second-order valence-corrected chi connectivity index (χ2v) is 2.75. The van der Waals surface area contributed by atoms with E-state index < -0.39 is 12.0 Å². The van der Waals surface area contributed by atoms with Crippen molar-refractivity contribution in [3.63, 3.8) is 0 Å². The number of hydrogen-bond acceptors (Lipinski definition) is 4. The molecule has 0 heterocycles. The van der Waals surface area contributed by atoms with Crippen molar-refractivity contribution in [2.24, 2.45) is 5.73 Å². The van der Waals surface area contributed by atoms with Gasteiger partial charge in [-0.15, -0.1) is 0 Å². The lowest BCUT2D eigenvalue weighted by molar-refractivity contribution is 0.0706. The van der Waals surface area contributed by atoms with Crippen LogP contribution in [0.5, 0.6) is 0 Å².